The number of hydrogen-bond acceptors (Lipinski definition) is 3. The Kier molecular flexibility index (Phi) is 7.10. The van der Waals surface area contributed by atoms with Crippen LogP contribution in [0.1, 0.15) is 22.3 Å². The first-order valence-corrected chi connectivity index (χ1v) is 11.6. The molecule has 1 amide bonds. The lowest BCUT2D eigenvalue weighted by Gasteiger charge is -2.11. The molecule has 0 atom stereocenters. The van der Waals surface area contributed by atoms with Crippen LogP contribution in [0.15, 0.2) is 88.9 Å². The number of nitrogens with one attached hydrogen (secondary N) is 1. The Morgan fingerprint density at radius 1 is 1.00 bits per heavy atom. The molecule has 0 aromatic heterocycles. The SMILES string of the molecule is Cc1cccc(NC(=O)/C(C#N)=C/c2ccc(OCc3ccc4ccccc4c3)c(Br)c2)c1C. The topological polar surface area (TPSA) is 62.1 Å². The molecule has 0 bridgehead atoms. The van der Waals surface area contributed by atoms with E-state index >= 15 is 0 Å². The van der Waals surface area contributed by atoms with Gasteiger partial charge < -0.3 is 10.1 Å². The number of nitriles is 1. The summed E-state index contributed by atoms with van der Waals surface area (Å²) in [6, 6.07) is 27.6. The van der Waals surface area contributed by atoms with Crippen LogP contribution in [0.4, 0.5) is 5.69 Å². The van der Waals surface area contributed by atoms with E-state index in [1.165, 1.54) is 10.8 Å². The smallest absolute Gasteiger partial charge is 0.266 e. The first-order valence-electron chi connectivity index (χ1n) is 10.8. The Balaban J connectivity index is 1.47. The van der Waals surface area contributed by atoms with Crippen LogP contribution in [0.5, 0.6) is 5.75 Å². The number of anilines is 1. The summed E-state index contributed by atoms with van der Waals surface area (Å²) in [6.07, 6.45) is 1.57. The van der Waals surface area contributed by atoms with Gasteiger partial charge >= 0.3 is 0 Å². The molecule has 0 aliphatic rings. The Morgan fingerprint density at radius 2 is 1.79 bits per heavy atom. The lowest BCUT2D eigenvalue weighted by molar-refractivity contribution is -0.112. The maximum Gasteiger partial charge on any atom is 0.266 e. The van der Waals surface area contributed by atoms with Crippen LogP contribution in [0.3, 0.4) is 0 Å². The van der Waals surface area contributed by atoms with E-state index in [-0.39, 0.29) is 5.57 Å². The highest BCUT2D eigenvalue weighted by Crippen LogP contribution is 2.28. The van der Waals surface area contributed by atoms with E-state index in [9.17, 15) is 10.1 Å². The number of carbonyl (C=O) groups excluding carboxylic acids is 1. The van der Waals surface area contributed by atoms with Crippen molar-refractivity contribution in [1.82, 2.24) is 0 Å². The largest absolute Gasteiger partial charge is 0.488 e. The fraction of sp³-hybridized carbons (Fsp3) is 0.103. The first kappa shape index (κ1) is 23.3. The zero-order valence-electron chi connectivity index (χ0n) is 18.9. The summed E-state index contributed by atoms with van der Waals surface area (Å²) in [5.41, 5.74) is 4.57. The van der Waals surface area contributed by atoms with Crippen molar-refractivity contribution in [2.45, 2.75) is 20.5 Å². The highest BCUT2D eigenvalue weighted by molar-refractivity contribution is 9.10. The predicted molar refractivity (Wildman–Crippen MR) is 141 cm³/mol. The number of fused-ring (bicyclic) bond motifs is 1. The second kappa shape index (κ2) is 10.4. The average molecular weight is 511 g/mol. The molecule has 0 spiro atoms. The van der Waals surface area contributed by atoms with Crippen LogP contribution in [-0.4, -0.2) is 5.91 Å². The van der Waals surface area contributed by atoms with E-state index in [4.69, 9.17) is 4.74 Å². The Bertz CT molecular complexity index is 1450. The van der Waals surface area contributed by atoms with Crippen molar-refractivity contribution < 1.29 is 9.53 Å². The lowest BCUT2D eigenvalue weighted by Crippen LogP contribution is -2.14. The van der Waals surface area contributed by atoms with Crippen LogP contribution in [-0.2, 0) is 11.4 Å². The van der Waals surface area contributed by atoms with E-state index in [1.807, 2.05) is 68.4 Å². The number of hydrogen-bond donors (Lipinski definition) is 1. The molecule has 0 fully saturated rings. The molecular weight excluding hydrogens is 488 g/mol. The number of carbonyl (C=O) groups is 1. The molecule has 4 rings (SSSR count). The fourth-order valence-electron chi connectivity index (χ4n) is 3.60. The Labute approximate surface area is 207 Å². The third kappa shape index (κ3) is 5.36. The molecule has 4 aromatic carbocycles. The van der Waals surface area contributed by atoms with Crippen LogP contribution >= 0.6 is 15.9 Å². The Morgan fingerprint density at radius 3 is 2.56 bits per heavy atom. The molecule has 0 saturated carbocycles. The van der Waals surface area contributed by atoms with Crippen molar-refractivity contribution in [2.24, 2.45) is 0 Å². The minimum atomic E-state index is -0.441. The summed E-state index contributed by atoms with van der Waals surface area (Å²) in [7, 11) is 0. The molecule has 34 heavy (non-hydrogen) atoms. The van der Waals surface area contributed by atoms with Gasteiger partial charge in [-0.3, -0.25) is 4.79 Å². The molecule has 168 valence electrons. The van der Waals surface area contributed by atoms with Crippen molar-refractivity contribution in [3.63, 3.8) is 0 Å². The zero-order chi connectivity index (χ0) is 24.1. The first-order chi connectivity index (χ1) is 16.4. The quantitative estimate of drug-likeness (QED) is 0.218. The number of rotatable bonds is 6. The number of ether oxygens (including phenoxy) is 1. The summed E-state index contributed by atoms with van der Waals surface area (Å²) in [6.45, 7) is 4.35. The minimum absolute atomic E-state index is 0.0256. The van der Waals surface area contributed by atoms with Gasteiger partial charge in [-0.05, 0) is 93.1 Å². The normalized spacial score (nSPS) is 11.2. The molecule has 0 aliphatic heterocycles. The second-order valence-corrected chi connectivity index (χ2v) is 8.89. The Hall–Kier alpha value is -3.88. The van der Waals surface area contributed by atoms with Gasteiger partial charge in [0.1, 0.15) is 24.0 Å². The highest BCUT2D eigenvalue weighted by atomic mass is 79.9. The number of aryl methyl sites for hydroxylation is 1. The number of nitrogens with zero attached hydrogens (tertiary/aromatic N) is 1. The number of amides is 1. The molecule has 5 heteroatoms. The van der Waals surface area contributed by atoms with Crippen LogP contribution in [0.25, 0.3) is 16.8 Å². The summed E-state index contributed by atoms with van der Waals surface area (Å²) in [4.78, 5) is 12.7. The molecule has 0 radical (unpaired) electrons. The van der Waals surface area contributed by atoms with Crippen LogP contribution in [0, 0.1) is 25.2 Å². The van der Waals surface area contributed by atoms with Gasteiger partial charge in [-0.2, -0.15) is 5.26 Å². The van der Waals surface area contributed by atoms with Crippen molar-refractivity contribution in [1.29, 1.82) is 5.26 Å². The summed E-state index contributed by atoms with van der Waals surface area (Å²) < 4.78 is 6.74. The summed E-state index contributed by atoms with van der Waals surface area (Å²) >= 11 is 3.54. The standard InChI is InChI=1S/C29H23BrN2O2/c1-19-6-5-9-27(20(19)2)32-29(33)25(17-31)14-21-11-13-28(26(30)16-21)34-18-22-10-12-23-7-3-4-8-24(23)15-22/h3-16H,18H2,1-2H3,(H,32,33)/b25-14+. The maximum atomic E-state index is 12.7. The van der Waals surface area contributed by atoms with E-state index in [0.29, 0.717) is 18.0 Å². The second-order valence-electron chi connectivity index (χ2n) is 8.03. The van der Waals surface area contributed by atoms with Gasteiger partial charge in [0.05, 0.1) is 4.47 Å². The zero-order valence-corrected chi connectivity index (χ0v) is 20.5. The van der Waals surface area contributed by atoms with E-state index in [1.54, 1.807) is 6.08 Å². The fourth-order valence-corrected chi connectivity index (χ4v) is 4.12. The minimum Gasteiger partial charge on any atom is -0.488 e. The number of benzene rings is 4. The third-order valence-corrected chi connectivity index (χ3v) is 6.31. The molecule has 4 nitrogen and oxygen atoms in total. The van der Waals surface area contributed by atoms with E-state index in [0.717, 1.165) is 26.7 Å². The van der Waals surface area contributed by atoms with Gasteiger partial charge in [-0.1, -0.05) is 54.6 Å². The molecule has 0 heterocycles. The molecular formula is C29H23BrN2O2. The van der Waals surface area contributed by atoms with Crippen molar-refractivity contribution in [3.8, 4) is 11.8 Å². The number of halogens is 1. The molecule has 0 saturated heterocycles. The highest BCUT2D eigenvalue weighted by Gasteiger charge is 2.12. The van der Waals surface area contributed by atoms with Gasteiger partial charge in [0, 0.05) is 5.69 Å². The third-order valence-electron chi connectivity index (χ3n) is 5.69. The molecule has 4 aromatic rings. The van der Waals surface area contributed by atoms with Crippen LogP contribution < -0.4 is 10.1 Å². The van der Waals surface area contributed by atoms with Gasteiger partial charge in [-0.15, -0.1) is 0 Å². The lowest BCUT2D eigenvalue weighted by atomic mass is 10.1. The summed E-state index contributed by atoms with van der Waals surface area (Å²) in [5.74, 6) is 0.243. The van der Waals surface area contributed by atoms with Gasteiger partial charge in [-0.25, -0.2) is 0 Å². The van der Waals surface area contributed by atoms with Crippen molar-refractivity contribution in [2.75, 3.05) is 5.32 Å². The molecule has 1 N–H and O–H groups in total. The molecule has 0 unspecified atom stereocenters. The van der Waals surface area contributed by atoms with Crippen molar-refractivity contribution >= 4 is 44.4 Å². The monoisotopic (exact) mass is 510 g/mol. The molecule has 0 aliphatic carbocycles. The van der Waals surface area contributed by atoms with Gasteiger partial charge in [0.2, 0.25) is 0 Å². The predicted octanol–water partition coefficient (Wildman–Crippen LogP) is 7.34. The van der Waals surface area contributed by atoms with Gasteiger partial charge in [0.15, 0.2) is 0 Å². The average Bonchev–Trinajstić information content (AvgIpc) is 2.84. The van der Waals surface area contributed by atoms with E-state index < -0.39 is 5.91 Å². The van der Waals surface area contributed by atoms with Crippen molar-refractivity contribution in [3.05, 3.63) is 111 Å². The summed E-state index contributed by atoms with van der Waals surface area (Å²) in [5, 5.41) is 14.8. The van der Waals surface area contributed by atoms with E-state index in [2.05, 4.69) is 51.6 Å². The maximum absolute atomic E-state index is 12.7. The van der Waals surface area contributed by atoms with Gasteiger partial charge in [0.25, 0.3) is 5.91 Å². The van der Waals surface area contributed by atoms with Crippen LogP contribution in [0.2, 0.25) is 0 Å².